The van der Waals surface area contributed by atoms with E-state index >= 15 is 0 Å². The SMILES string of the molecule is CN(CC(=O)Nc1ccc(Cl)c(Cl)c1)C(=O)C[NH+]1CCC[C@@H](C(N)=O)C1. The first-order valence-electron chi connectivity index (χ1n) is 8.38. The number of benzene rings is 1. The number of amides is 3. The first-order valence-corrected chi connectivity index (χ1v) is 9.13. The number of halogens is 2. The van der Waals surface area contributed by atoms with Crippen LogP contribution in [0.25, 0.3) is 0 Å². The first kappa shape index (κ1) is 20.5. The van der Waals surface area contributed by atoms with Gasteiger partial charge >= 0.3 is 0 Å². The number of hydrogen-bond donors (Lipinski definition) is 3. The Hall–Kier alpha value is -1.83. The highest BCUT2D eigenvalue weighted by atomic mass is 35.5. The molecule has 26 heavy (non-hydrogen) atoms. The van der Waals surface area contributed by atoms with Gasteiger partial charge < -0.3 is 20.9 Å². The second-order valence-corrected chi connectivity index (χ2v) is 7.36. The number of rotatable bonds is 6. The van der Waals surface area contributed by atoms with Gasteiger partial charge in [0, 0.05) is 12.7 Å². The third kappa shape index (κ3) is 5.86. The molecule has 2 rings (SSSR count). The molecule has 1 saturated heterocycles. The van der Waals surface area contributed by atoms with E-state index in [1.807, 2.05) is 0 Å². The molecule has 9 heteroatoms. The van der Waals surface area contributed by atoms with Crippen molar-refractivity contribution in [2.75, 3.05) is 38.5 Å². The molecule has 1 aliphatic rings. The number of likely N-dealkylation sites (tertiary alicyclic amines) is 1. The van der Waals surface area contributed by atoms with Gasteiger partial charge in [0.15, 0.2) is 6.54 Å². The van der Waals surface area contributed by atoms with Crippen molar-refractivity contribution in [2.24, 2.45) is 11.7 Å². The van der Waals surface area contributed by atoms with Crippen molar-refractivity contribution in [3.63, 3.8) is 0 Å². The van der Waals surface area contributed by atoms with Gasteiger partial charge in [-0.25, -0.2) is 0 Å². The van der Waals surface area contributed by atoms with Gasteiger partial charge in [-0.15, -0.1) is 0 Å². The molecule has 1 fully saturated rings. The van der Waals surface area contributed by atoms with Gasteiger partial charge in [-0.05, 0) is 31.0 Å². The van der Waals surface area contributed by atoms with E-state index in [-0.39, 0.29) is 36.7 Å². The molecule has 0 saturated carbocycles. The van der Waals surface area contributed by atoms with Crippen LogP contribution in [0.4, 0.5) is 5.69 Å². The van der Waals surface area contributed by atoms with E-state index < -0.39 is 0 Å². The van der Waals surface area contributed by atoms with Crippen LogP contribution in [0.15, 0.2) is 18.2 Å². The van der Waals surface area contributed by atoms with Crippen molar-refractivity contribution in [3.05, 3.63) is 28.2 Å². The quantitative estimate of drug-likeness (QED) is 0.633. The fourth-order valence-corrected chi connectivity index (χ4v) is 3.28. The van der Waals surface area contributed by atoms with Crippen LogP contribution in [-0.2, 0) is 14.4 Å². The molecule has 1 heterocycles. The lowest BCUT2D eigenvalue weighted by Crippen LogP contribution is -3.14. The van der Waals surface area contributed by atoms with Crippen molar-refractivity contribution in [1.82, 2.24) is 4.90 Å². The van der Waals surface area contributed by atoms with E-state index in [9.17, 15) is 14.4 Å². The van der Waals surface area contributed by atoms with Gasteiger partial charge in [0.25, 0.3) is 5.91 Å². The molecule has 1 aromatic rings. The lowest BCUT2D eigenvalue weighted by molar-refractivity contribution is -0.899. The van der Waals surface area contributed by atoms with E-state index in [1.54, 1.807) is 25.2 Å². The number of nitrogens with two attached hydrogens (primary N) is 1. The molecule has 0 aliphatic carbocycles. The predicted molar refractivity (Wildman–Crippen MR) is 100 cm³/mol. The number of primary amides is 1. The minimum atomic E-state index is -0.331. The van der Waals surface area contributed by atoms with Crippen molar-refractivity contribution < 1.29 is 19.3 Å². The molecule has 3 amide bonds. The summed E-state index contributed by atoms with van der Waals surface area (Å²) in [5.41, 5.74) is 5.87. The van der Waals surface area contributed by atoms with Crippen LogP contribution in [0.1, 0.15) is 12.8 Å². The summed E-state index contributed by atoms with van der Waals surface area (Å²) in [6, 6.07) is 4.77. The molecule has 7 nitrogen and oxygen atoms in total. The maximum atomic E-state index is 12.3. The molecule has 1 aromatic carbocycles. The maximum absolute atomic E-state index is 12.3. The Labute approximate surface area is 162 Å². The summed E-state index contributed by atoms with van der Waals surface area (Å²) in [7, 11) is 1.58. The summed E-state index contributed by atoms with van der Waals surface area (Å²) in [5, 5.41) is 3.42. The minimum absolute atomic E-state index is 0.0778. The van der Waals surface area contributed by atoms with Crippen LogP contribution in [0.5, 0.6) is 0 Å². The standard InChI is InChI=1S/C17H22Cl2N4O3/c1-22(9-15(24)21-12-4-5-13(18)14(19)7-12)16(25)10-23-6-2-3-11(8-23)17(20)26/h4-5,7,11H,2-3,6,8-10H2,1H3,(H2,20,26)(H,21,24)/p+1/t11-/m1/s1. The zero-order chi connectivity index (χ0) is 19.3. The highest BCUT2D eigenvalue weighted by Gasteiger charge is 2.29. The average Bonchev–Trinajstić information content (AvgIpc) is 2.58. The van der Waals surface area contributed by atoms with E-state index in [0.29, 0.717) is 22.3 Å². The second-order valence-electron chi connectivity index (χ2n) is 6.55. The average molecular weight is 402 g/mol. The highest BCUT2D eigenvalue weighted by Crippen LogP contribution is 2.24. The monoisotopic (exact) mass is 401 g/mol. The van der Waals surface area contributed by atoms with Crippen LogP contribution in [0, 0.1) is 5.92 Å². The van der Waals surface area contributed by atoms with Crippen LogP contribution in [0.3, 0.4) is 0 Å². The molecule has 4 N–H and O–H groups in total. The van der Waals surface area contributed by atoms with Crippen molar-refractivity contribution in [1.29, 1.82) is 0 Å². The number of anilines is 1. The summed E-state index contributed by atoms with van der Waals surface area (Å²) >= 11 is 11.7. The Morgan fingerprint density at radius 2 is 2.04 bits per heavy atom. The fourth-order valence-electron chi connectivity index (χ4n) is 2.98. The summed E-state index contributed by atoms with van der Waals surface area (Å²) in [6.07, 6.45) is 1.63. The number of nitrogens with one attached hydrogen (secondary N) is 2. The third-order valence-corrected chi connectivity index (χ3v) is 5.17. The van der Waals surface area contributed by atoms with E-state index in [4.69, 9.17) is 28.9 Å². The molecule has 142 valence electrons. The van der Waals surface area contributed by atoms with Crippen LogP contribution in [-0.4, -0.2) is 55.8 Å². The zero-order valence-electron chi connectivity index (χ0n) is 14.6. The van der Waals surface area contributed by atoms with E-state index in [1.165, 1.54) is 4.90 Å². The van der Waals surface area contributed by atoms with Gasteiger partial charge in [-0.1, -0.05) is 23.2 Å². The Balaban J connectivity index is 1.83. The van der Waals surface area contributed by atoms with Gasteiger partial charge in [0.2, 0.25) is 11.8 Å². The molecule has 1 unspecified atom stereocenters. The molecule has 0 aromatic heterocycles. The number of hydrogen-bond acceptors (Lipinski definition) is 3. The van der Waals surface area contributed by atoms with Crippen LogP contribution < -0.4 is 16.0 Å². The second kappa shape index (κ2) is 9.21. The van der Waals surface area contributed by atoms with Crippen LogP contribution >= 0.6 is 23.2 Å². The lowest BCUT2D eigenvalue weighted by Gasteiger charge is -2.29. The maximum Gasteiger partial charge on any atom is 0.277 e. The fraction of sp³-hybridized carbons (Fsp3) is 0.471. The van der Waals surface area contributed by atoms with Crippen molar-refractivity contribution in [2.45, 2.75) is 12.8 Å². The largest absolute Gasteiger partial charge is 0.369 e. The Bertz CT molecular complexity index is 699. The Morgan fingerprint density at radius 1 is 1.31 bits per heavy atom. The molecular formula is C17H23Cl2N4O3+. The van der Waals surface area contributed by atoms with Gasteiger partial charge in [0.1, 0.15) is 0 Å². The smallest absolute Gasteiger partial charge is 0.277 e. The number of quaternary nitrogens is 1. The Morgan fingerprint density at radius 3 is 2.69 bits per heavy atom. The summed E-state index contributed by atoms with van der Waals surface area (Å²) < 4.78 is 0. The van der Waals surface area contributed by atoms with E-state index in [0.717, 1.165) is 24.3 Å². The van der Waals surface area contributed by atoms with E-state index in [2.05, 4.69) is 5.32 Å². The zero-order valence-corrected chi connectivity index (χ0v) is 16.1. The molecule has 0 spiro atoms. The van der Waals surface area contributed by atoms with Gasteiger partial charge in [-0.2, -0.15) is 0 Å². The molecular weight excluding hydrogens is 379 g/mol. The minimum Gasteiger partial charge on any atom is -0.369 e. The summed E-state index contributed by atoms with van der Waals surface area (Å²) in [4.78, 5) is 38.2. The summed E-state index contributed by atoms with van der Waals surface area (Å²) in [6.45, 7) is 1.54. The Kier molecular flexibility index (Phi) is 7.25. The number of carbonyl (C=O) groups excluding carboxylic acids is 3. The van der Waals surface area contributed by atoms with Gasteiger partial charge in [-0.3, -0.25) is 14.4 Å². The van der Waals surface area contributed by atoms with Crippen LogP contribution in [0.2, 0.25) is 10.0 Å². The van der Waals surface area contributed by atoms with Gasteiger partial charge in [0.05, 0.1) is 35.6 Å². The normalized spacial score (nSPS) is 19.7. The van der Waals surface area contributed by atoms with Crippen molar-refractivity contribution in [3.8, 4) is 0 Å². The molecule has 0 radical (unpaired) electrons. The third-order valence-electron chi connectivity index (χ3n) is 4.43. The summed E-state index contributed by atoms with van der Waals surface area (Å²) in [5.74, 6) is -0.990. The number of carbonyl (C=O) groups is 3. The number of nitrogens with zero attached hydrogens (tertiary/aromatic N) is 1. The topological polar surface area (TPSA) is 96.9 Å². The van der Waals surface area contributed by atoms with Crippen molar-refractivity contribution >= 4 is 46.6 Å². The highest BCUT2D eigenvalue weighted by molar-refractivity contribution is 6.42. The molecule has 2 atom stereocenters. The molecule has 1 aliphatic heterocycles. The number of likely N-dealkylation sites (N-methyl/N-ethyl adjacent to an activating group) is 1. The lowest BCUT2D eigenvalue weighted by atomic mass is 9.97. The number of piperidine rings is 1. The first-order chi connectivity index (χ1) is 12.3. The predicted octanol–water partition coefficient (Wildman–Crippen LogP) is 0.171. The molecule has 0 bridgehead atoms.